The van der Waals surface area contributed by atoms with Gasteiger partial charge in [0.25, 0.3) is 0 Å². The predicted octanol–water partition coefficient (Wildman–Crippen LogP) is 3.00. The van der Waals surface area contributed by atoms with Crippen molar-refractivity contribution in [3.05, 3.63) is 52.8 Å². The van der Waals surface area contributed by atoms with Gasteiger partial charge in [0.1, 0.15) is 5.69 Å². The van der Waals surface area contributed by atoms with Crippen LogP contribution in [0.2, 0.25) is 0 Å². The highest BCUT2D eigenvalue weighted by atomic mass is 16.1. The summed E-state index contributed by atoms with van der Waals surface area (Å²) in [7, 11) is 0. The summed E-state index contributed by atoms with van der Waals surface area (Å²) in [5.41, 5.74) is 3.47. The van der Waals surface area contributed by atoms with Crippen molar-refractivity contribution in [3.63, 3.8) is 0 Å². The standard InChI is InChI=1S/C15H18N2O/c1-4-12-7-6-8-13(10-12)15(18)14-9-11(3)16-17(14)5-2/h6-10H,4-5H2,1-3H3. The molecular weight excluding hydrogens is 224 g/mol. The number of aromatic nitrogens is 2. The third-order valence-electron chi connectivity index (χ3n) is 3.03. The maximum atomic E-state index is 12.4. The van der Waals surface area contributed by atoms with Gasteiger partial charge >= 0.3 is 0 Å². The number of carbonyl (C=O) groups excluding carboxylic acids is 1. The molecule has 0 unspecified atom stereocenters. The van der Waals surface area contributed by atoms with Gasteiger partial charge in [-0.2, -0.15) is 5.10 Å². The minimum absolute atomic E-state index is 0.0488. The number of rotatable bonds is 4. The fourth-order valence-corrected chi connectivity index (χ4v) is 2.05. The zero-order valence-corrected chi connectivity index (χ0v) is 11.1. The van der Waals surface area contributed by atoms with Gasteiger partial charge < -0.3 is 0 Å². The Labute approximate surface area is 107 Å². The zero-order chi connectivity index (χ0) is 13.1. The molecule has 94 valence electrons. The third kappa shape index (κ3) is 2.35. The lowest BCUT2D eigenvalue weighted by molar-refractivity contribution is 0.102. The molecule has 0 amide bonds. The second-order valence-corrected chi connectivity index (χ2v) is 4.37. The summed E-state index contributed by atoms with van der Waals surface area (Å²) >= 11 is 0. The Balaban J connectivity index is 2.40. The molecule has 0 aliphatic heterocycles. The number of benzene rings is 1. The molecule has 0 radical (unpaired) electrons. The summed E-state index contributed by atoms with van der Waals surface area (Å²) < 4.78 is 1.76. The fraction of sp³-hybridized carbons (Fsp3) is 0.333. The van der Waals surface area contributed by atoms with Crippen LogP contribution >= 0.6 is 0 Å². The average molecular weight is 242 g/mol. The van der Waals surface area contributed by atoms with E-state index in [2.05, 4.69) is 12.0 Å². The van der Waals surface area contributed by atoms with Crippen LogP contribution in [-0.2, 0) is 13.0 Å². The highest BCUT2D eigenvalue weighted by Gasteiger charge is 2.15. The molecule has 0 spiro atoms. The van der Waals surface area contributed by atoms with Crippen LogP contribution in [0, 0.1) is 6.92 Å². The molecule has 0 N–H and O–H groups in total. The van der Waals surface area contributed by atoms with Crippen LogP contribution in [0.3, 0.4) is 0 Å². The van der Waals surface area contributed by atoms with Crippen LogP contribution in [0.5, 0.6) is 0 Å². The first-order valence-electron chi connectivity index (χ1n) is 6.33. The van der Waals surface area contributed by atoms with Gasteiger partial charge in [-0.05, 0) is 38.0 Å². The maximum absolute atomic E-state index is 12.4. The molecule has 0 aliphatic carbocycles. The summed E-state index contributed by atoms with van der Waals surface area (Å²) in [4.78, 5) is 12.4. The summed E-state index contributed by atoms with van der Waals surface area (Å²) in [5, 5.41) is 4.31. The molecule has 1 aromatic carbocycles. The van der Waals surface area contributed by atoms with Crippen molar-refractivity contribution >= 4 is 5.78 Å². The van der Waals surface area contributed by atoms with Crippen molar-refractivity contribution in [2.45, 2.75) is 33.7 Å². The molecule has 0 fully saturated rings. The van der Waals surface area contributed by atoms with E-state index in [4.69, 9.17) is 0 Å². The van der Waals surface area contributed by atoms with E-state index >= 15 is 0 Å². The quantitative estimate of drug-likeness (QED) is 0.772. The van der Waals surface area contributed by atoms with Crippen LogP contribution in [0.15, 0.2) is 30.3 Å². The molecule has 0 saturated heterocycles. The number of hydrogen-bond acceptors (Lipinski definition) is 2. The summed E-state index contributed by atoms with van der Waals surface area (Å²) in [6, 6.07) is 9.66. The SMILES string of the molecule is CCc1cccc(C(=O)c2cc(C)nn2CC)c1. The van der Waals surface area contributed by atoms with Gasteiger partial charge in [0.05, 0.1) is 5.69 Å². The minimum atomic E-state index is 0.0488. The van der Waals surface area contributed by atoms with Crippen molar-refractivity contribution in [2.24, 2.45) is 0 Å². The molecule has 1 heterocycles. The second kappa shape index (κ2) is 5.17. The normalized spacial score (nSPS) is 10.6. The first-order chi connectivity index (χ1) is 8.65. The van der Waals surface area contributed by atoms with Crippen LogP contribution in [0.25, 0.3) is 0 Å². The van der Waals surface area contributed by atoms with Gasteiger partial charge in [0.2, 0.25) is 5.78 Å². The Morgan fingerprint density at radius 3 is 2.72 bits per heavy atom. The van der Waals surface area contributed by atoms with Crippen LogP contribution in [0.1, 0.15) is 41.2 Å². The van der Waals surface area contributed by atoms with E-state index in [0.717, 1.165) is 17.7 Å². The molecule has 0 bridgehead atoms. The van der Waals surface area contributed by atoms with Gasteiger partial charge in [0.15, 0.2) is 0 Å². The first kappa shape index (κ1) is 12.6. The van der Waals surface area contributed by atoms with Crippen LogP contribution < -0.4 is 0 Å². The van der Waals surface area contributed by atoms with Crippen molar-refractivity contribution in [1.29, 1.82) is 0 Å². The fourth-order valence-electron chi connectivity index (χ4n) is 2.05. The van der Waals surface area contributed by atoms with Crippen LogP contribution in [-0.4, -0.2) is 15.6 Å². The molecule has 2 aromatic rings. The Hall–Kier alpha value is -1.90. The monoisotopic (exact) mass is 242 g/mol. The summed E-state index contributed by atoms with van der Waals surface area (Å²) in [5.74, 6) is 0.0488. The lowest BCUT2D eigenvalue weighted by Crippen LogP contribution is -2.10. The zero-order valence-electron chi connectivity index (χ0n) is 11.1. The Bertz CT molecular complexity index is 570. The largest absolute Gasteiger partial charge is 0.287 e. The van der Waals surface area contributed by atoms with Crippen molar-refractivity contribution in [3.8, 4) is 0 Å². The van der Waals surface area contributed by atoms with E-state index in [1.54, 1.807) is 4.68 Å². The van der Waals surface area contributed by atoms with E-state index in [1.807, 2.05) is 44.2 Å². The molecule has 3 nitrogen and oxygen atoms in total. The highest BCUT2D eigenvalue weighted by molar-refractivity contribution is 6.08. The third-order valence-corrected chi connectivity index (χ3v) is 3.03. The Kier molecular flexibility index (Phi) is 3.60. The number of hydrogen-bond donors (Lipinski definition) is 0. The smallest absolute Gasteiger partial charge is 0.211 e. The lowest BCUT2D eigenvalue weighted by atomic mass is 10.0. The molecule has 18 heavy (non-hydrogen) atoms. The summed E-state index contributed by atoms with van der Waals surface area (Å²) in [6.07, 6.45) is 0.938. The predicted molar refractivity (Wildman–Crippen MR) is 71.9 cm³/mol. The van der Waals surface area contributed by atoms with E-state index < -0.39 is 0 Å². The maximum Gasteiger partial charge on any atom is 0.211 e. The van der Waals surface area contributed by atoms with E-state index in [0.29, 0.717) is 12.2 Å². The Morgan fingerprint density at radius 2 is 2.06 bits per heavy atom. The topological polar surface area (TPSA) is 34.9 Å². The van der Waals surface area contributed by atoms with Gasteiger partial charge in [-0.25, -0.2) is 0 Å². The molecule has 0 saturated carbocycles. The molecule has 3 heteroatoms. The van der Waals surface area contributed by atoms with Crippen LogP contribution in [0.4, 0.5) is 0 Å². The van der Waals surface area contributed by atoms with Crippen molar-refractivity contribution in [1.82, 2.24) is 9.78 Å². The lowest BCUT2D eigenvalue weighted by Gasteiger charge is -2.05. The van der Waals surface area contributed by atoms with Gasteiger partial charge in [-0.1, -0.05) is 25.1 Å². The van der Waals surface area contributed by atoms with Crippen molar-refractivity contribution < 1.29 is 4.79 Å². The van der Waals surface area contributed by atoms with Crippen molar-refractivity contribution in [2.75, 3.05) is 0 Å². The minimum Gasteiger partial charge on any atom is -0.287 e. The molecular formula is C15H18N2O. The van der Waals surface area contributed by atoms with Gasteiger partial charge in [0, 0.05) is 12.1 Å². The number of aryl methyl sites for hydroxylation is 3. The van der Waals surface area contributed by atoms with E-state index in [-0.39, 0.29) is 5.78 Å². The van der Waals surface area contributed by atoms with Gasteiger partial charge in [-0.3, -0.25) is 9.48 Å². The Morgan fingerprint density at radius 1 is 1.28 bits per heavy atom. The average Bonchev–Trinajstić information content (AvgIpc) is 2.79. The number of carbonyl (C=O) groups is 1. The number of nitrogens with zero attached hydrogens (tertiary/aromatic N) is 2. The first-order valence-corrected chi connectivity index (χ1v) is 6.33. The van der Waals surface area contributed by atoms with E-state index in [9.17, 15) is 4.79 Å². The second-order valence-electron chi connectivity index (χ2n) is 4.37. The molecule has 1 aromatic heterocycles. The van der Waals surface area contributed by atoms with Gasteiger partial charge in [-0.15, -0.1) is 0 Å². The van der Waals surface area contributed by atoms with E-state index in [1.165, 1.54) is 5.56 Å². The molecule has 2 rings (SSSR count). The highest BCUT2D eigenvalue weighted by Crippen LogP contribution is 2.13. The number of ketones is 1. The molecule has 0 atom stereocenters. The summed E-state index contributed by atoms with van der Waals surface area (Å²) in [6.45, 7) is 6.70. The molecule has 0 aliphatic rings.